The Bertz CT molecular complexity index is 567. The average molecular weight is 354 g/mol. The fourth-order valence-corrected chi connectivity index (χ4v) is 3.67. The van der Waals surface area contributed by atoms with E-state index in [1.54, 1.807) is 18.4 Å². The van der Waals surface area contributed by atoms with Gasteiger partial charge in [0, 0.05) is 23.0 Å². The van der Waals surface area contributed by atoms with Crippen LogP contribution < -0.4 is 10.1 Å². The lowest BCUT2D eigenvalue weighted by molar-refractivity contribution is 0.401. The lowest BCUT2D eigenvalue weighted by Crippen LogP contribution is -2.21. The Labute approximate surface area is 133 Å². The molecule has 1 aromatic heterocycles. The monoisotopic (exact) mass is 353 g/mol. The number of rotatable bonds is 6. The number of benzene rings is 1. The minimum absolute atomic E-state index is 0.286. The van der Waals surface area contributed by atoms with Crippen molar-refractivity contribution in [3.8, 4) is 5.75 Å². The Morgan fingerprint density at radius 1 is 1.30 bits per heavy atom. The van der Waals surface area contributed by atoms with Gasteiger partial charge in [0.15, 0.2) is 0 Å². The van der Waals surface area contributed by atoms with E-state index in [9.17, 15) is 0 Å². The van der Waals surface area contributed by atoms with Crippen LogP contribution in [0.5, 0.6) is 5.75 Å². The van der Waals surface area contributed by atoms with Gasteiger partial charge in [-0.05, 0) is 60.0 Å². The Kier molecular flexibility index (Phi) is 5.64. The van der Waals surface area contributed by atoms with Crippen molar-refractivity contribution in [3.05, 3.63) is 50.1 Å². The Hall–Kier alpha value is -0.840. The summed E-state index contributed by atoms with van der Waals surface area (Å²) in [5, 5.41) is 3.56. The molecule has 0 aliphatic heterocycles. The third-order valence-corrected chi connectivity index (χ3v) is 4.99. The molecule has 1 N–H and O–H groups in total. The summed E-state index contributed by atoms with van der Waals surface area (Å²) in [4.78, 5) is 1.40. The summed E-state index contributed by atoms with van der Waals surface area (Å²) in [6.45, 7) is 5.22. The molecule has 1 atom stereocenters. The molecule has 1 aromatic carbocycles. The van der Waals surface area contributed by atoms with Gasteiger partial charge in [-0.25, -0.2) is 0 Å². The highest BCUT2D eigenvalue weighted by Gasteiger charge is 2.11. The Morgan fingerprint density at radius 3 is 2.75 bits per heavy atom. The van der Waals surface area contributed by atoms with Crippen molar-refractivity contribution in [1.82, 2.24) is 5.32 Å². The minimum Gasteiger partial charge on any atom is -0.496 e. The van der Waals surface area contributed by atoms with E-state index < -0.39 is 0 Å². The highest BCUT2D eigenvalue weighted by molar-refractivity contribution is 9.11. The number of halogens is 1. The second-order valence-electron chi connectivity index (χ2n) is 4.88. The van der Waals surface area contributed by atoms with Crippen LogP contribution in [0.3, 0.4) is 0 Å². The zero-order valence-electron chi connectivity index (χ0n) is 12.1. The first-order valence-electron chi connectivity index (χ1n) is 6.72. The average Bonchev–Trinajstić information content (AvgIpc) is 2.84. The highest BCUT2D eigenvalue weighted by Crippen LogP contribution is 2.26. The third kappa shape index (κ3) is 4.08. The van der Waals surface area contributed by atoms with Crippen molar-refractivity contribution < 1.29 is 4.74 Å². The van der Waals surface area contributed by atoms with Gasteiger partial charge in [0.2, 0.25) is 0 Å². The molecule has 0 spiro atoms. The van der Waals surface area contributed by atoms with Gasteiger partial charge in [0.25, 0.3) is 0 Å². The summed E-state index contributed by atoms with van der Waals surface area (Å²) >= 11 is 5.29. The van der Waals surface area contributed by atoms with Crippen molar-refractivity contribution >= 4 is 27.3 Å². The molecule has 2 aromatic rings. The van der Waals surface area contributed by atoms with Crippen LogP contribution in [-0.4, -0.2) is 13.7 Å². The largest absolute Gasteiger partial charge is 0.496 e. The van der Waals surface area contributed by atoms with Crippen molar-refractivity contribution in [2.45, 2.75) is 26.3 Å². The van der Waals surface area contributed by atoms with E-state index in [2.05, 4.69) is 65.4 Å². The number of thiophene rings is 1. The van der Waals surface area contributed by atoms with E-state index in [0.717, 1.165) is 18.7 Å². The van der Waals surface area contributed by atoms with Crippen LogP contribution in [-0.2, 0) is 6.42 Å². The van der Waals surface area contributed by atoms with Crippen molar-refractivity contribution in [2.24, 2.45) is 0 Å². The number of hydrogen-bond donors (Lipinski definition) is 1. The van der Waals surface area contributed by atoms with E-state index in [4.69, 9.17) is 4.74 Å². The van der Waals surface area contributed by atoms with Gasteiger partial charge in [-0.2, -0.15) is 0 Å². The van der Waals surface area contributed by atoms with Gasteiger partial charge >= 0.3 is 0 Å². The van der Waals surface area contributed by atoms with Crippen LogP contribution >= 0.6 is 27.3 Å². The van der Waals surface area contributed by atoms with Gasteiger partial charge < -0.3 is 10.1 Å². The summed E-state index contributed by atoms with van der Waals surface area (Å²) < 4.78 is 6.67. The molecule has 0 radical (unpaired) electrons. The second kappa shape index (κ2) is 7.25. The Balaban J connectivity index is 1.93. The van der Waals surface area contributed by atoms with E-state index in [1.807, 2.05) is 0 Å². The van der Waals surface area contributed by atoms with Gasteiger partial charge in [0.05, 0.1) is 10.9 Å². The van der Waals surface area contributed by atoms with E-state index in [1.165, 1.54) is 19.8 Å². The smallest absolute Gasteiger partial charge is 0.123 e. The van der Waals surface area contributed by atoms with E-state index in [-0.39, 0.29) is 6.04 Å². The van der Waals surface area contributed by atoms with Crippen molar-refractivity contribution in [1.29, 1.82) is 0 Å². The summed E-state index contributed by atoms with van der Waals surface area (Å²) in [6, 6.07) is 10.9. The molecule has 1 heterocycles. The molecule has 0 amide bonds. The van der Waals surface area contributed by atoms with E-state index in [0.29, 0.717) is 0 Å². The summed E-state index contributed by atoms with van der Waals surface area (Å²) in [7, 11) is 1.73. The number of methoxy groups -OCH3 is 1. The topological polar surface area (TPSA) is 21.3 Å². The second-order valence-corrected chi connectivity index (χ2v) is 7.42. The maximum atomic E-state index is 5.47. The van der Waals surface area contributed by atoms with Crippen LogP contribution in [0.25, 0.3) is 0 Å². The molecular weight excluding hydrogens is 334 g/mol. The normalized spacial score (nSPS) is 12.4. The first-order chi connectivity index (χ1) is 9.60. The summed E-state index contributed by atoms with van der Waals surface area (Å²) in [6.07, 6.45) is 1.05. The zero-order chi connectivity index (χ0) is 14.5. The standard InChI is InChI=1S/C16H20BrNOS/c1-11-4-6-14(15(10-11)19-3)12(2)18-9-8-13-5-7-16(17)20-13/h4-7,10,12,18H,8-9H2,1-3H3. The highest BCUT2D eigenvalue weighted by atomic mass is 79.9. The maximum absolute atomic E-state index is 5.47. The molecule has 0 aliphatic carbocycles. The fourth-order valence-electron chi connectivity index (χ4n) is 2.18. The zero-order valence-corrected chi connectivity index (χ0v) is 14.5. The lowest BCUT2D eigenvalue weighted by Gasteiger charge is -2.17. The van der Waals surface area contributed by atoms with Crippen LogP contribution in [0.2, 0.25) is 0 Å². The van der Waals surface area contributed by atoms with Crippen molar-refractivity contribution in [3.63, 3.8) is 0 Å². The first kappa shape index (κ1) is 15.5. The molecule has 20 heavy (non-hydrogen) atoms. The van der Waals surface area contributed by atoms with Gasteiger partial charge in [-0.3, -0.25) is 0 Å². The van der Waals surface area contributed by atoms with Crippen LogP contribution in [0, 0.1) is 6.92 Å². The molecule has 0 fully saturated rings. The van der Waals surface area contributed by atoms with Gasteiger partial charge in [-0.1, -0.05) is 12.1 Å². The predicted molar refractivity (Wildman–Crippen MR) is 89.9 cm³/mol. The number of ether oxygens (including phenoxy) is 1. The molecule has 4 heteroatoms. The molecule has 2 nitrogen and oxygen atoms in total. The third-order valence-electron chi connectivity index (χ3n) is 3.31. The molecular formula is C16H20BrNOS. The molecule has 0 aliphatic rings. The molecule has 108 valence electrons. The van der Waals surface area contributed by atoms with Gasteiger partial charge in [-0.15, -0.1) is 11.3 Å². The Morgan fingerprint density at radius 2 is 2.10 bits per heavy atom. The van der Waals surface area contributed by atoms with Crippen LogP contribution in [0.1, 0.15) is 29.0 Å². The van der Waals surface area contributed by atoms with Crippen molar-refractivity contribution in [2.75, 3.05) is 13.7 Å². The van der Waals surface area contributed by atoms with Gasteiger partial charge in [0.1, 0.15) is 5.75 Å². The number of aryl methyl sites for hydroxylation is 1. The summed E-state index contributed by atoms with van der Waals surface area (Å²) in [5.41, 5.74) is 2.44. The maximum Gasteiger partial charge on any atom is 0.123 e. The number of hydrogen-bond acceptors (Lipinski definition) is 3. The molecule has 2 rings (SSSR count). The predicted octanol–water partition coefficient (Wildman–Crippen LogP) is 4.72. The quantitative estimate of drug-likeness (QED) is 0.810. The molecule has 1 unspecified atom stereocenters. The summed E-state index contributed by atoms with van der Waals surface area (Å²) in [5.74, 6) is 0.962. The fraction of sp³-hybridized carbons (Fsp3) is 0.375. The SMILES string of the molecule is COc1cc(C)ccc1C(C)NCCc1ccc(Br)s1. The molecule has 0 saturated heterocycles. The van der Waals surface area contributed by atoms with Crippen LogP contribution in [0.4, 0.5) is 0 Å². The lowest BCUT2D eigenvalue weighted by atomic mass is 10.0. The minimum atomic E-state index is 0.286. The molecule has 0 saturated carbocycles. The van der Waals surface area contributed by atoms with Crippen LogP contribution in [0.15, 0.2) is 34.1 Å². The molecule has 0 bridgehead atoms. The first-order valence-corrected chi connectivity index (χ1v) is 8.33. The van der Waals surface area contributed by atoms with E-state index >= 15 is 0 Å². The number of nitrogens with one attached hydrogen (secondary N) is 1.